The molecule has 0 aromatic heterocycles. The van der Waals surface area contributed by atoms with Crippen LogP contribution < -0.4 is 0 Å². The summed E-state index contributed by atoms with van der Waals surface area (Å²) in [6.45, 7) is 5.81. The SMILES string of the molecule is Cl.O=C1OCCN1CCCN1CCCCC1. The number of hydrogen-bond donors (Lipinski definition) is 0. The van der Waals surface area contributed by atoms with E-state index in [0.29, 0.717) is 6.61 Å². The molecule has 0 spiro atoms. The van der Waals surface area contributed by atoms with E-state index in [2.05, 4.69) is 4.90 Å². The lowest BCUT2D eigenvalue weighted by Gasteiger charge is -2.26. The molecule has 16 heavy (non-hydrogen) atoms. The summed E-state index contributed by atoms with van der Waals surface area (Å²) in [7, 11) is 0. The van der Waals surface area contributed by atoms with Crippen LogP contribution in [0.3, 0.4) is 0 Å². The van der Waals surface area contributed by atoms with Gasteiger partial charge in [0.1, 0.15) is 6.61 Å². The quantitative estimate of drug-likeness (QED) is 0.760. The zero-order valence-electron chi connectivity index (χ0n) is 9.69. The van der Waals surface area contributed by atoms with E-state index < -0.39 is 0 Å². The van der Waals surface area contributed by atoms with Gasteiger partial charge in [-0.2, -0.15) is 0 Å². The van der Waals surface area contributed by atoms with Gasteiger partial charge in [0.05, 0.1) is 6.54 Å². The van der Waals surface area contributed by atoms with Gasteiger partial charge in [-0.3, -0.25) is 0 Å². The van der Waals surface area contributed by atoms with Crippen molar-refractivity contribution < 1.29 is 9.53 Å². The van der Waals surface area contributed by atoms with Crippen LogP contribution in [0.4, 0.5) is 4.79 Å². The molecular weight excluding hydrogens is 228 g/mol. The van der Waals surface area contributed by atoms with Gasteiger partial charge in [-0.05, 0) is 38.9 Å². The smallest absolute Gasteiger partial charge is 0.409 e. The van der Waals surface area contributed by atoms with E-state index in [1.807, 2.05) is 4.90 Å². The third-order valence-electron chi connectivity index (χ3n) is 3.20. The van der Waals surface area contributed by atoms with Crippen molar-refractivity contribution in [1.29, 1.82) is 0 Å². The summed E-state index contributed by atoms with van der Waals surface area (Å²) in [4.78, 5) is 15.5. The predicted molar refractivity (Wildman–Crippen MR) is 65.1 cm³/mol. The molecule has 0 aromatic carbocycles. The van der Waals surface area contributed by atoms with Crippen LogP contribution in [0.1, 0.15) is 25.7 Å². The van der Waals surface area contributed by atoms with Crippen LogP contribution in [0.15, 0.2) is 0 Å². The minimum Gasteiger partial charge on any atom is -0.448 e. The zero-order chi connectivity index (χ0) is 10.5. The molecule has 0 radical (unpaired) electrons. The second-order valence-corrected chi connectivity index (χ2v) is 4.36. The summed E-state index contributed by atoms with van der Waals surface area (Å²) in [5, 5.41) is 0. The van der Waals surface area contributed by atoms with Crippen LogP contribution in [0.5, 0.6) is 0 Å². The Labute approximate surface area is 103 Å². The van der Waals surface area contributed by atoms with Crippen molar-refractivity contribution in [1.82, 2.24) is 9.80 Å². The van der Waals surface area contributed by atoms with Gasteiger partial charge in [-0.15, -0.1) is 12.4 Å². The molecule has 2 saturated heterocycles. The van der Waals surface area contributed by atoms with E-state index in [-0.39, 0.29) is 18.5 Å². The maximum absolute atomic E-state index is 11.1. The highest BCUT2D eigenvalue weighted by atomic mass is 35.5. The van der Waals surface area contributed by atoms with Crippen LogP contribution in [0.2, 0.25) is 0 Å². The predicted octanol–water partition coefficient (Wildman–Crippen LogP) is 1.74. The molecule has 0 aliphatic carbocycles. The molecule has 1 amide bonds. The average molecular weight is 249 g/mol. The molecule has 0 N–H and O–H groups in total. The van der Waals surface area contributed by atoms with Gasteiger partial charge in [0.2, 0.25) is 0 Å². The number of nitrogens with zero attached hydrogens (tertiary/aromatic N) is 2. The Bertz CT molecular complexity index is 220. The highest BCUT2D eigenvalue weighted by Crippen LogP contribution is 2.10. The van der Waals surface area contributed by atoms with Gasteiger partial charge in [-0.1, -0.05) is 6.42 Å². The third-order valence-corrected chi connectivity index (χ3v) is 3.20. The molecule has 4 nitrogen and oxygen atoms in total. The molecule has 5 heteroatoms. The summed E-state index contributed by atoms with van der Waals surface area (Å²) in [6, 6.07) is 0. The van der Waals surface area contributed by atoms with Crippen molar-refractivity contribution in [2.75, 3.05) is 39.3 Å². The number of carbonyl (C=O) groups is 1. The topological polar surface area (TPSA) is 32.8 Å². The van der Waals surface area contributed by atoms with Crippen molar-refractivity contribution in [3.05, 3.63) is 0 Å². The molecule has 0 saturated carbocycles. The lowest BCUT2D eigenvalue weighted by atomic mass is 10.1. The standard InChI is InChI=1S/C11H20N2O2.ClH/c14-11-13(9-10-15-11)8-4-7-12-5-2-1-3-6-12;/h1-10H2;1H. The Kier molecular flexibility index (Phi) is 5.91. The van der Waals surface area contributed by atoms with Gasteiger partial charge in [0.15, 0.2) is 0 Å². The van der Waals surface area contributed by atoms with E-state index in [4.69, 9.17) is 4.74 Å². The Morgan fingerprint density at radius 2 is 1.81 bits per heavy atom. The lowest BCUT2D eigenvalue weighted by molar-refractivity contribution is 0.155. The first-order chi connectivity index (χ1) is 7.36. The molecular formula is C11H21ClN2O2. The fourth-order valence-electron chi connectivity index (χ4n) is 2.30. The van der Waals surface area contributed by atoms with Crippen molar-refractivity contribution in [2.24, 2.45) is 0 Å². The summed E-state index contributed by atoms with van der Waals surface area (Å²) in [5.41, 5.74) is 0. The van der Waals surface area contributed by atoms with Gasteiger partial charge < -0.3 is 14.5 Å². The Hall–Kier alpha value is -0.480. The zero-order valence-corrected chi connectivity index (χ0v) is 10.5. The number of piperidine rings is 1. The normalized spacial score (nSPS) is 21.8. The van der Waals surface area contributed by atoms with Crippen LogP contribution in [-0.4, -0.2) is 55.2 Å². The molecule has 2 rings (SSSR count). The number of amides is 1. The Balaban J connectivity index is 0.00000128. The first kappa shape index (κ1) is 13.6. The summed E-state index contributed by atoms with van der Waals surface area (Å²) in [5.74, 6) is 0. The van der Waals surface area contributed by atoms with Crippen molar-refractivity contribution in [3.63, 3.8) is 0 Å². The maximum Gasteiger partial charge on any atom is 0.409 e. The highest BCUT2D eigenvalue weighted by Gasteiger charge is 2.21. The number of hydrogen-bond acceptors (Lipinski definition) is 3. The van der Waals surface area contributed by atoms with Crippen molar-refractivity contribution >= 4 is 18.5 Å². The number of cyclic esters (lactones) is 1. The number of likely N-dealkylation sites (tertiary alicyclic amines) is 1. The lowest BCUT2D eigenvalue weighted by Crippen LogP contribution is -2.33. The first-order valence-electron chi connectivity index (χ1n) is 6.00. The van der Waals surface area contributed by atoms with Crippen LogP contribution >= 0.6 is 12.4 Å². The molecule has 0 unspecified atom stereocenters. The minimum absolute atomic E-state index is 0. The average Bonchev–Trinajstić information content (AvgIpc) is 2.66. The summed E-state index contributed by atoms with van der Waals surface area (Å²) in [6.07, 6.45) is 5.01. The minimum atomic E-state index is -0.131. The van der Waals surface area contributed by atoms with E-state index in [1.54, 1.807) is 0 Å². The molecule has 2 heterocycles. The van der Waals surface area contributed by atoms with Gasteiger partial charge >= 0.3 is 6.09 Å². The Morgan fingerprint density at radius 3 is 2.44 bits per heavy atom. The largest absolute Gasteiger partial charge is 0.448 e. The summed E-state index contributed by atoms with van der Waals surface area (Å²) >= 11 is 0. The van der Waals surface area contributed by atoms with Crippen molar-refractivity contribution in [2.45, 2.75) is 25.7 Å². The van der Waals surface area contributed by atoms with E-state index in [1.165, 1.54) is 32.4 Å². The molecule has 2 aliphatic rings. The fraction of sp³-hybridized carbons (Fsp3) is 0.909. The van der Waals surface area contributed by atoms with Crippen LogP contribution in [0.25, 0.3) is 0 Å². The maximum atomic E-state index is 11.1. The van der Waals surface area contributed by atoms with Gasteiger partial charge in [0, 0.05) is 6.54 Å². The second-order valence-electron chi connectivity index (χ2n) is 4.36. The molecule has 0 aromatic rings. The number of carbonyl (C=O) groups excluding carboxylic acids is 1. The summed E-state index contributed by atoms with van der Waals surface area (Å²) < 4.78 is 4.88. The van der Waals surface area contributed by atoms with E-state index in [9.17, 15) is 4.79 Å². The highest BCUT2D eigenvalue weighted by molar-refractivity contribution is 5.85. The molecule has 0 bridgehead atoms. The second kappa shape index (κ2) is 6.97. The van der Waals surface area contributed by atoms with Crippen LogP contribution in [0, 0.1) is 0 Å². The van der Waals surface area contributed by atoms with E-state index >= 15 is 0 Å². The molecule has 94 valence electrons. The number of halogens is 1. The third kappa shape index (κ3) is 3.83. The first-order valence-corrected chi connectivity index (χ1v) is 6.00. The fourth-order valence-corrected chi connectivity index (χ4v) is 2.30. The van der Waals surface area contributed by atoms with Gasteiger partial charge in [0.25, 0.3) is 0 Å². The molecule has 2 fully saturated rings. The number of rotatable bonds is 4. The monoisotopic (exact) mass is 248 g/mol. The van der Waals surface area contributed by atoms with E-state index in [0.717, 1.165) is 26.1 Å². The van der Waals surface area contributed by atoms with Gasteiger partial charge in [-0.25, -0.2) is 4.79 Å². The van der Waals surface area contributed by atoms with Crippen LogP contribution in [-0.2, 0) is 4.74 Å². The molecule has 0 atom stereocenters. The number of ether oxygens (including phenoxy) is 1. The Morgan fingerprint density at radius 1 is 1.06 bits per heavy atom. The van der Waals surface area contributed by atoms with Crippen molar-refractivity contribution in [3.8, 4) is 0 Å². The molecule has 2 aliphatic heterocycles.